The van der Waals surface area contributed by atoms with Gasteiger partial charge in [-0.1, -0.05) is 12.1 Å². The summed E-state index contributed by atoms with van der Waals surface area (Å²) in [6.07, 6.45) is -0.802. The minimum Gasteiger partial charge on any atom is -0.497 e. The van der Waals surface area contributed by atoms with Crippen LogP contribution in [0.5, 0.6) is 5.75 Å². The van der Waals surface area contributed by atoms with Crippen molar-refractivity contribution >= 4 is 41.2 Å². The van der Waals surface area contributed by atoms with E-state index in [0.717, 1.165) is 11.3 Å². The summed E-state index contributed by atoms with van der Waals surface area (Å²) in [5.74, 6) is 1.17. The van der Waals surface area contributed by atoms with Crippen molar-refractivity contribution in [1.29, 1.82) is 0 Å². The Bertz CT molecular complexity index is 1690. The fraction of sp³-hybridized carbons (Fsp3) is 0.382. The summed E-state index contributed by atoms with van der Waals surface area (Å²) in [5, 5.41) is 21.8. The molecule has 5 rings (SSSR count). The van der Waals surface area contributed by atoms with Gasteiger partial charge >= 0.3 is 12.2 Å². The highest BCUT2D eigenvalue weighted by molar-refractivity contribution is 7.99. The van der Waals surface area contributed by atoms with Gasteiger partial charge in [0.2, 0.25) is 5.91 Å². The SMILES string of the molecule is COc1ccc(CS[C@H]2C[C@@H](C(=O)N3CCN(C(=O)OCc4ccc([N+](=O)[O-])cc4)C(C)C3)N(C(=O)OCc3ccc([N+](=O)[O-])cc3)C2)cc1. The van der Waals surface area contributed by atoms with Gasteiger partial charge in [0, 0.05) is 67.5 Å². The lowest BCUT2D eigenvalue weighted by molar-refractivity contribution is -0.385. The number of amides is 3. The molecular weight excluding hydrogens is 670 g/mol. The van der Waals surface area contributed by atoms with E-state index in [9.17, 15) is 34.6 Å². The van der Waals surface area contributed by atoms with Crippen LogP contribution in [0.25, 0.3) is 0 Å². The molecule has 1 unspecified atom stereocenters. The monoisotopic (exact) mass is 707 g/mol. The summed E-state index contributed by atoms with van der Waals surface area (Å²) >= 11 is 1.64. The van der Waals surface area contributed by atoms with Crippen molar-refractivity contribution in [2.75, 3.05) is 33.3 Å². The maximum absolute atomic E-state index is 14.0. The number of carbonyl (C=O) groups excluding carboxylic acids is 3. The van der Waals surface area contributed by atoms with Gasteiger partial charge in [0.1, 0.15) is 25.0 Å². The summed E-state index contributed by atoms with van der Waals surface area (Å²) < 4.78 is 16.3. The van der Waals surface area contributed by atoms with Gasteiger partial charge in [0.05, 0.1) is 17.0 Å². The molecule has 0 aromatic heterocycles. The maximum Gasteiger partial charge on any atom is 0.410 e. The van der Waals surface area contributed by atoms with Crippen LogP contribution < -0.4 is 4.74 Å². The lowest BCUT2D eigenvalue weighted by Gasteiger charge is -2.40. The quantitative estimate of drug-likeness (QED) is 0.184. The first kappa shape index (κ1) is 35.9. The normalized spacial score (nSPS) is 18.8. The molecule has 2 aliphatic rings. The van der Waals surface area contributed by atoms with Gasteiger partial charge in [-0.15, -0.1) is 0 Å². The van der Waals surface area contributed by atoms with Crippen LogP contribution in [0.2, 0.25) is 0 Å². The Morgan fingerprint density at radius 2 is 1.28 bits per heavy atom. The summed E-state index contributed by atoms with van der Waals surface area (Å²) in [7, 11) is 1.60. The second kappa shape index (κ2) is 16.3. The molecule has 0 saturated carbocycles. The average Bonchev–Trinajstić information content (AvgIpc) is 3.56. The van der Waals surface area contributed by atoms with Crippen molar-refractivity contribution in [2.45, 2.75) is 49.6 Å². The molecule has 2 saturated heterocycles. The van der Waals surface area contributed by atoms with Gasteiger partial charge in [0.15, 0.2) is 0 Å². The van der Waals surface area contributed by atoms with Crippen molar-refractivity contribution < 1.29 is 38.4 Å². The van der Waals surface area contributed by atoms with Crippen LogP contribution in [-0.4, -0.2) is 93.3 Å². The van der Waals surface area contributed by atoms with Gasteiger partial charge in [-0.3, -0.25) is 29.9 Å². The number of rotatable bonds is 11. The highest BCUT2D eigenvalue weighted by Gasteiger charge is 2.44. The molecule has 2 fully saturated rings. The Morgan fingerprint density at radius 1 is 0.760 bits per heavy atom. The van der Waals surface area contributed by atoms with Crippen LogP contribution in [0.4, 0.5) is 21.0 Å². The van der Waals surface area contributed by atoms with E-state index in [4.69, 9.17) is 14.2 Å². The van der Waals surface area contributed by atoms with E-state index in [2.05, 4.69) is 0 Å². The number of methoxy groups -OCH3 is 1. The Kier molecular flexibility index (Phi) is 11.7. The number of benzene rings is 3. The standard InChI is InChI=1S/C34H37N5O10S/c1-23-18-35(15-16-36(23)33(41)48-20-24-3-9-27(10-4-24)38(43)44)32(40)31-17-30(50-22-26-7-13-29(47-2)14-8-26)19-37(31)34(42)49-21-25-5-11-28(12-6-25)39(45)46/h3-14,23,30-31H,15-22H2,1-2H3/t23?,30-,31-/m0/s1. The molecule has 16 heteroatoms. The van der Waals surface area contributed by atoms with E-state index in [-0.39, 0.29) is 61.4 Å². The number of carbonyl (C=O) groups is 3. The van der Waals surface area contributed by atoms with Crippen LogP contribution in [-0.2, 0) is 33.2 Å². The van der Waals surface area contributed by atoms with Crippen molar-refractivity contribution in [1.82, 2.24) is 14.7 Å². The summed E-state index contributed by atoms with van der Waals surface area (Å²) in [5.41, 5.74) is 2.11. The van der Waals surface area contributed by atoms with E-state index >= 15 is 0 Å². The summed E-state index contributed by atoms with van der Waals surface area (Å²) in [6, 6.07) is 18.0. The van der Waals surface area contributed by atoms with Crippen LogP contribution in [0.3, 0.4) is 0 Å². The van der Waals surface area contributed by atoms with Crippen molar-refractivity contribution in [3.63, 3.8) is 0 Å². The first-order valence-corrected chi connectivity index (χ1v) is 16.9. The minimum atomic E-state index is -0.777. The van der Waals surface area contributed by atoms with Gasteiger partial charge in [-0.05, 0) is 66.4 Å². The summed E-state index contributed by atoms with van der Waals surface area (Å²) in [6.45, 7) is 2.62. The average molecular weight is 708 g/mol. The lowest BCUT2D eigenvalue weighted by atomic mass is 10.1. The Labute approximate surface area is 292 Å². The van der Waals surface area contributed by atoms with E-state index in [1.165, 1.54) is 58.3 Å². The molecule has 0 bridgehead atoms. The molecule has 0 N–H and O–H groups in total. The minimum absolute atomic E-state index is 0.0499. The number of nitrogens with zero attached hydrogens (tertiary/aromatic N) is 5. The van der Waals surface area contributed by atoms with Crippen LogP contribution in [0.15, 0.2) is 72.8 Å². The number of nitro groups is 2. The number of non-ortho nitro benzene ring substituents is 2. The zero-order chi connectivity index (χ0) is 35.8. The Hall–Kier alpha value is -5.38. The number of likely N-dealkylation sites (tertiary alicyclic amines) is 1. The Morgan fingerprint density at radius 3 is 1.78 bits per heavy atom. The van der Waals surface area contributed by atoms with Crippen LogP contribution in [0.1, 0.15) is 30.0 Å². The molecule has 15 nitrogen and oxygen atoms in total. The van der Waals surface area contributed by atoms with E-state index in [1.807, 2.05) is 31.2 Å². The maximum atomic E-state index is 14.0. The largest absolute Gasteiger partial charge is 0.497 e. The van der Waals surface area contributed by atoms with E-state index in [0.29, 0.717) is 29.8 Å². The molecule has 0 radical (unpaired) electrons. The molecule has 3 amide bonds. The van der Waals surface area contributed by atoms with Gasteiger partial charge in [0.25, 0.3) is 11.4 Å². The smallest absolute Gasteiger partial charge is 0.410 e. The Balaban J connectivity index is 1.20. The van der Waals surface area contributed by atoms with Gasteiger partial charge in [-0.2, -0.15) is 11.8 Å². The predicted octanol–water partition coefficient (Wildman–Crippen LogP) is 5.39. The third kappa shape index (κ3) is 8.99. The van der Waals surface area contributed by atoms with Crippen molar-refractivity contribution in [3.05, 3.63) is 110 Å². The topological polar surface area (TPSA) is 175 Å². The van der Waals surface area contributed by atoms with Crippen LogP contribution in [0, 0.1) is 20.2 Å². The molecule has 0 aliphatic carbocycles. The van der Waals surface area contributed by atoms with Gasteiger partial charge < -0.3 is 24.0 Å². The molecule has 264 valence electrons. The van der Waals surface area contributed by atoms with E-state index in [1.54, 1.807) is 23.8 Å². The third-order valence-electron chi connectivity index (χ3n) is 8.62. The molecule has 3 aromatic rings. The first-order chi connectivity index (χ1) is 24.0. The van der Waals surface area contributed by atoms with Gasteiger partial charge in [-0.25, -0.2) is 9.59 Å². The number of ether oxygens (including phenoxy) is 3. The predicted molar refractivity (Wildman–Crippen MR) is 182 cm³/mol. The number of hydrogen-bond acceptors (Lipinski definition) is 11. The molecular formula is C34H37N5O10S. The van der Waals surface area contributed by atoms with E-state index < -0.39 is 28.1 Å². The number of piperazine rings is 1. The lowest BCUT2D eigenvalue weighted by Crippen LogP contribution is -2.58. The van der Waals surface area contributed by atoms with Crippen molar-refractivity contribution in [2.24, 2.45) is 0 Å². The number of hydrogen-bond donors (Lipinski definition) is 0. The molecule has 0 spiro atoms. The fourth-order valence-corrected chi connectivity index (χ4v) is 7.02. The van der Waals surface area contributed by atoms with Crippen LogP contribution >= 0.6 is 11.8 Å². The molecule has 2 aliphatic heterocycles. The fourth-order valence-electron chi connectivity index (χ4n) is 5.81. The highest BCUT2D eigenvalue weighted by Crippen LogP contribution is 2.32. The number of thioether (sulfide) groups is 1. The molecule has 50 heavy (non-hydrogen) atoms. The second-order valence-corrected chi connectivity index (χ2v) is 13.3. The van der Waals surface area contributed by atoms with Crippen molar-refractivity contribution in [3.8, 4) is 5.75 Å². The molecule has 3 aromatic carbocycles. The highest BCUT2D eigenvalue weighted by atomic mass is 32.2. The molecule has 2 heterocycles. The third-order valence-corrected chi connectivity index (χ3v) is 9.93. The summed E-state index contributed by atoms with van der Waals surface area (Å²) in [4.78, 5) is 65.9. The zero-order valence-electron chi connectivity index (χ0n) is 27.5. The second-order valence-electron chi connectivity index (χ2n) is 12.0. The first-order valence-electron chi connectivity index (χ1n) is 15.9. The number of nitro benzene ring substituents is 2. The zero-order valence-corrected chi connectivity index (χ0v) is 28.4. The molecule has 3 atom stereocenters.